The van der Waals surface area contributed by atoms with Crippen molar-refractivity contribution in [2.24, 2.45) is 20.5 Å². The van der Waals surface area contributed by atoms with E-state index in [9.17, 15) is 0 Å². The predicted octanol–water partition coefficient (Wildman–Crippen LogP) is 11.8. The first-order valence-corrected chi connectivity index (χ1v) is 17.1. The van der Waals surface area contributed by atoms with Gasteiger partial charge in [0, 0.05) is 49.9 Å². The fourth-order valence-corrected chi connectivity index (χ4v) is 5.07. The second kappa shape index (κ2) is 19.1. The Bertz CT molecular complexity index is 1370. The lowest BCUT2D eigenvalue weighted by atomic mass is 10.2. The number of rotatable bonds is 19. The molecule has 0 radical (unpaired) electrons. The van der Waals surface area contributed by atoms with Gasteiger partial charge >= 0.3 is 0 Å². The van der Waals surface area contributed by atoms with Crippen LogP contribution in [0.15, 0.2) is 106 Å². The molecule has 0 amide bonds. The van der Waals surface area contributed by atoms with Crippen molar-refractivity contribution in [3.8, 4) is 11.4 Å². The molecule has 0 unspecified atom stereocenters. The van der Waals surface area contributed by atoms with Gasteiger partial charge in [-0.05, 0) is 98.5 Å². The Morgan fingerprint density at radius 2 is 0.761 bits per heavy atom. The summed E-state index contributed by atoms with van der Waals surface area (Å²) in [5.74, 6) is 0. The summed E-state index contributed by atoms with van der Waals surface area (Å²) in [7, 11) is 0. The summed E-state index contributed by atoms with van der Waals surface area (Å²) < 4.78 is 0. The van der Waals surface area contributed by atoms with Crippen LogP contribution in [-0.2, 0) is 0 Å². The molecule has 0 aliphatic heterocycles. The molecule has 0 aliphatic carbocycles. The minimum atomic E-state index is 0.704. The lowest BCUT2D eigenvalue weighted by Gasteiger charge is -2.24. The summed E-state index contributed by atoms with van der Waals surface area (Å²) in [5, 5.41) is 17.9. The lowest BCUT2D eigenvalue weighted by Crippen LogP contribution is -2.25. The maximum absolute atomic E-state index is 4.53. The van der Waals surface area contributed by atoms with E-state index in [1.54, 1.807) is 12.4 Å². The number of anilines is 2. The second-order valence-corrected chi connectivity index (χ2v) is 11.6. The first-order chi connectivity index (χ1) is 22.6. The average molecular weight is 619 g/mol. The molecule has 8 nitrogen and oxygen atoms in total. The van der Waals surface area contributed by atoms with Gasteiger partial charge in [-0.2, -0.15) is 20.5 Å². The summed E-state index contributed by atoms with van der Waals surface area (Å²) in [6, 6.07) is 24.2. The molecule has 0 spiro atoms. The van der Waals surface area contributed by atoms with E-state index in [0.717, 1.165) is 37.6 Å². The van der Waals surface area contributed by atoms with E-state index < -0.39 is 0 Å². The zero-order valence-electron chi connectivity index (χ0n) is 28.1. The first kappa shape index (κ1) is 34.4. The van der Waals surface area contributed by atoms with E-state index in [0.29, 0.717) is 22.8 Å². The smallest absolute Gasteiger partial charge is 0.0909 e. The van der Waals surface area contributed by atoms with E-state index in [1.165, 1.54) is 62.7 Å². The molecule has 8 heteroatoms. The normalized spacial score (nSPS) is 11.5. The molecule has 2 aromatic carbocycles. The van der Waals surface area contributed by atoms with Crippen LogP contribution < -0.4 is 9.80 Å². The molecular formula is C38H50N8. The van der Waals surface area contributed by atoms with E-state index >= 15 is 0 Å². The third-order valence-electron chi connectivity index (χ3n) is 7.87. The molecule has 4 aromatic rings. The molecule has 0 N–H and O–H groups in total. The molecule has 4 rings (SSSR count). The monoisotopic (exact) mass is 618 g/mol. The Hall–Kier alpha value is -4.46. The fraction of sp³-hybridized carbons (Fsp3) is 0.421. The van der Waals surface area contributed by atoms with Gasteiger partial charge < -0.3 is 9.80 Å². The van der Waals surface area contributed by atoms with Gasteiger partial charge in [-0.15, -0.1) is 0 Å². The molecule has 0 fully saturated rings. The summed E-state index contributed by atoms with van der Waals surface area (Å²) in [5.41, 5.74) is 6.94. The number of hydrogen-bond acceptors (Lipinski definition) is 8. The topological polar surface area (TPSA) is 81.7 Å². The number of aromatic nitrogens is 2. The van der Waals surface area contributed by atoms with Crippen LogP contribution in [0.3, 0.4) is 0 Å². The molecule has 0 aliphatic rings. The maximum Gasteiger partial charge on any atom is 0.0909 e. The van der Waals surface area contributed by atoms with Gasteiger partial charge in [-0.1, -0.05) is 53.4 Å². The quantitative estimate of drug-likeness (QED) is 0.0979. The van der Waals surface area contributed by atoms with E-state index in [2.05, 4.69) is 92.2 Å². The van der Waals surface area contributed by atoms with Gasteiger partial charge in [0.1, 0.15) is 0 Å². The van der Waals surface area contributed by atoms with Crippen LogP contribution in [0.1, 0.15) is 79.1 Å². The molecule has 46 heavy (non-hydrogen) atoms. The van der Waals surface area contributed by atoms with Crippen molar-refractivity contribution in [3.63, 3.8) is 0 Å². The maximum atomic E-state index is 4.53. The largest absolute Gasteiger partial charge is 0.372 e. The van der Waals surface area contributed by atoms with Crippen molar-refractivity contribution in [1.29, 1.82) is 0 Å². The summed E-state index contributed by atoms with van der Waals surface area (Å²) in [6.45, 7) is 13.3. The summed E-state index contributed by atoms with van der Waals surface area (Å²) in [4.78, 5) is 14.0. The van der Waals surface area contributed by atoms with Crippen LogP contribution in [0.25, 0.3) is 11.4 Å². The number of benzene rings is 2. The Balaban J connectivity index is 1.41. The van der Waals surface area contributed by atoms with Crippen LogP contribution in [0.2, 0.25) is 0 Å². The third-order valence-corrected chi connectivity index (χ3v) is 7.87. The standard InChI is InChI=1S/C38H50N8/c1-5-9-25-45(26-10-6-2)35-17-13-31(14-18-35)41-43-33-21-23-39-37(29-33)38-30-34(22-24-40-38)44-42-32-15-19-36(20-16-32)46(27-11-7-3)28-12-8-4/h13-24,29-30H,5-12,25-28H2,1-4H3. The molecule has 0 saturated heterocycles. The second-order valence-electron chi connectivity index (χ2n) is 11.6. The molecule has 2 heterocycles. The highest BCUT2D eigenvalue weighted by atomic mass is 15.1. The van der Waals surface area contributed by atoms with Gasteiger partial charge in [0.05, 0.1) is 34.1 Å². The van der Waals surface area contributed by atoms with Gasteiger partial charge in [-0.3, -0.25) is 9.97 Å². The predicted molar refractivity (Wildman–Crippen MR) is 193 cm³/mol. The summed E-state index contributed by atoms with van der Waals surface area (Å²) in [6.07, 6.45) is 13.0. The summed E-state index contributed by atoms with van der Waals surface area (Å²) >= 11 is 0. The fourth-order valence-electron chi connectivity index (χ4n) is 5.07. The average Bonchev–Trinajstić information content (AvgIpc) is 3.11. The van der Waals surface area contributed by atoms with Crippen molar-refractivity contribution in [2.75, 3.05) is 36.0 Å². The van der Waals surface area contributed by atoms with Crippen molar-refractivity contribution < 1.29 is 0 Å². The molecule has 0 atom stereocenters. The highest BCUT2D eigenvalue weighted by molar-refractivity contribution is 5.62. The number of nitrogens with zero attached hydrogens (tertiary/aromatic N) is 8. The number of hydrogen-bond donors (Lipinski definition) is 0. The highest BCUT2D eigenvalue weighted by Gasteiger charge is 2.08. The Morgan fingerprint density at radius 1 is 0.435 bits per heavy atom. The van der Waals surface area contributed by atoms with Crippen LogP contribution in [0.5, 0.6) is 0 Å². The van der Waals surface area contributed by atoms with Crippen molar-refractivity contribution in [3.05, 3.63) is 85.2 Å². The van der Waals surface area contributed by atoms with Gasteiger partial charge in [0.2, 0.25) is 0 Å². The van der Waals surface area contributed by atoms with Crippen LogP contribution in [0.4, 0.5) is 34.1 Å². The Kier molecular flexibility index (Phi) is 14.3. The zero-order valence-corrected chi connectivity index (χ0v) is 28.1. The number of unbranched alkanes of at least 4 members (excludes halogenated alkanes) is 4. The first-order valence-electron chi connectivity index (χ1n) is 17.1. The highest BCUT2D eigenvalue weighted by Crippen LogP contribution is 2.28. The minimum absolute atomic E-state index is 0.704. The third kappa shape index (κ3) is 10.9. The van der Waals surface area contributed by atoms with Crippen molar-refractivity contribution in [1.82, 2.24) is 9.97 Å². The van der Waals surface area contributed by atoms with E-state index in [4.69, 9.17) is 0 Å². The van der Waals surface area contributed by atoms with Crippen LogP contribution in [0, 0.1) is 0 Å². The number of pyridine rings is 2. The molecule has 0 saturated carbocycles. The molecule has 2 aromatic heterocycles. The minimum Gasteiger partial charge on any atom is -0.372 e. The van der Waals surface area contributed by atoms with Crippen molar-refractivity contribution >= 4 is 34.1 Å². The SMILES string of the molecule is CCCCN(CCCC)c1ccc(N=Nc2ccnc(-c3cc(N=Nc4ccc(N(CCCC)CCCC)cc4)ccn3)c2)cc1. The van der Waals surface area contributed by atoms with Gasteiger partial charge in [0.25, 0.3) is 0 Å². The lowest BCUT2D eigenvalue weighted by molar-refractivity contribution is 0.678. The van der Waals surface area contributed by atoms with Crippen LogP contribution >= 0.6 is 0 Å². The number of azo groups is 2. The van der Waals surface area contributed by atoms with E-state index in [1.807, 2.05) is 48.5 Å². The molecular weight excluding hydrogens is 568 g/mol. The molecule has 242 valence electrons. The van der Waals surface area contributed by atoms with Crippen LogP contribution in [-0.4, -0.2) is 36.1 Å². The van der Waals surface area contributed by atoms with E-state index in [-0.39, 0.29) is 0 Å². The van der Waals surface area contributed by atoms with Gasteiger partial charge in [0.15, 0.2) is 0 Å². The van der Waals surface area contributed by atoms with Gasteiger partial charge in [-0.25, -0.2) is 0 Å². The zero-order chi connectivity index (χ0) is 32.4. The Labute approximate surface area is 275 Å². The van der Waals surface area contributed by atoms with Crippen molar-refractivity contribution in [2.45, 2.75) is 79.1 Å². The molecule has 0 bridgehead atoms. The Morgan fingerprint density at radius 3 is 1.09 bits per heavy atom.